The van der Waals surface area contributed by atoms with Crippen LogP contribution in [0.4, 0.5) is 0 Å². The van der Waals surface area contributed by atoms with Crippen molar-refractivity contribution in [2.45, 2.75) is 26.4 Å². The van der Waals surface area contributed by atoms with Gasteiger partial charge in [0.1, 0.15) is 11.3 Å². The van der Waals surface area contributed by atoms with Gasteiger partial charge in [0.25, 0.3) is 0 Å². The summed E-state index contributed by atoms with van der Waals surface area (Å²) in [6, 6.07) is 11.3. The molecular weight excluding hydrogens is 296 g/mol. The first-order valence-electron chi connectivity index (χ1n) is 6.97. The van der Waals surface area contributed by atoms with E-state index in [1.807, 2.05) is 51.1 Å². The zero-order valence-corrected chi connectivity index (χ0v) is 13.5. The maximum Gasteiger partial charge on any atom is 0.242 e. The lowest BCUT2D eigenvalue weighted by Crippen LogP contribution is -2.24. The number of hydrogen-bond acceptors (Lipinski definition) is 5. The van der Waals surface area contributed by atoms with Crippen LogP contribution in [0.1, 0.15) is 30.4 Å². The van der Waals surface area contributed by atoms with Gasteiger partial charge in [0.15, 0.2) is 6.29 Å². The Balaban J connectivity index is 2.20. The summed E-state index contributed by atoms with van der Waals surface area (Å²) in [5.41, 5.74) is 1.89. The number of para-hydroxylation sites is 2. The molecule has 0 saturated heterocycles. The van der Waals surface area contributed by atoms with Crippen molar-refractivity contribution in [3.8, 4) is 16.5 Å². The lowest BCUT2D eigenvalue weighted by molar-refractivity contribution is 0.112. The highest BCUT2D eigenvalue weighted by molar-refractivity contribution is 7.17. The third kappa shape index (κ3) is 2.99. The van der Waals surface area contributed by atoms with Gasteiger partial charge in [-0.15, -0.1) is 11.3 Å². The zero-order chi connectivity index (χ0) is 15.7. The van der Waals surface area contributed by atoms with Crippen LogP contribution in [0.15, 0.2) is 36.4 Å². The molecule has 5 heteroatoms. The molecule has 0 atom stereocenters. The maximum absolute atomic E-state index is 10.9. The van der Waals surface area contributed by atoms with Crippen molar-refractivity contribution in [1.29, 1.82) is 0 Å². The van der Waals surface area contributed by atoms with Crippen molar-refractivity contribution < 1.29 is 9.53 Å². The Morgan fingerprint density at radius 1 is 1.05 bits per heavy atom. The molecule has 0 aliphatic carbocycles. The maximum atomic E-state index is 10.9. The van der Waals surface area contributed by atoms with Crippen LogP contribution < -0.4 is 4.74 Å². The molecule has 0 saturated carbocycles. The van der Waals surface area contributed by atoms with Crippen molar-refractivity contribution in [3.63, 3.8) is 0 Å². The van der Waals surface area contributed by atoms with Crippen molar-refractivity contribution in [2.24, 2.45) is 0 Å². The quantitative estimate of drug-likeness (QED) is 0.675. The van der Waals surface area contributed by atoms with Crippen LogP contribution in [0.25, 0.3) is 21.6 Å². The minimum Gasteiger partial charge on any atom is -0.470 e. The van der Waals surface area contributed by atoms with E-state index in [9.17, 15) is 4.79 Å². The van der Waals surface area contributed by atoms with Gasteiger partial charge in [-0.25, -0.2) is 9.97 Å². The van der Waals surface area contributed by atoms with Crippen LogP contribution in [-0.2, 0) is 0 Å². The molecule has 0 bridgehead atoms. The standard InChI is InChI=1S/C17H16N2O2S/c1-17(2,3)21-16-15(14-9-8-11(10-20)22-14)18-12-6-4-5-7-13(12)19-16/h4-10H,1-3H3. The number of thiophene rings is 1. The van der Waals surface area contributed by atoms with Crippen molar-refractivity contribution in [1.82, 2.24) is 9.97 Å². The second kappa shape index (κ2) is 5.50. The van der Waals surface area contributed by atoms with Gasteiger partial charge in [0.05, 0.1) is 20.8 Å². The van der Waals surface area contributed by atoms with E-state index in [0.717, 1.165) is 22.2 Å². The normalized spacial score (nSPS) is 11.6. The number of benzene rings is 1. The molecule has 0 aliphatic heterocycles. The molecule has 2 heterocycles. The third-order valence-corrected chi connectivity index (χ3v) is 3.94. The molecule has 22 heavy (non-hydrogen) atoms. The number of hydrogen-bond donors (Lipinski definition) is 0. The number of nitrogens with zero attached hydrogens (tertiary/aromatic N) is 2. The van der Waals surface area contributed by atoms with E-state index < -0.39 is 0 Å². The van der Waals surface area contributed by atoms with Gasteiger partial charge in [0.2, 0.25) is 5.88 Å². The van der Waals surface area contributed by atoms with E-state index in [-0.39, 0.29) is 5.60 Å². The predicted molar refractivity (Wildman–Crippen MR) is 88.6 cm³/mol. The zero-order valence-electron chi connectivity index (χ0n) is 12.7. The molecular formula is C17H16N2O2S. The fourth-order valence-corrected chi connectivity index (χ4v) is 2.85. The lowest BCUT2D eigenvalue weighted by Gasteiger charge is -2.21. The number of fused-ring (bicyclic) bond motifs is 1. The highest BCUT2D eigenvalue weighted by atomic mass is 32.1. The van der Waals surface area contributed by atoms with Crippen LogP contribution in [-0.4, -0.2) is 21.9 Å². The first kappa shape index (κ1) is 14.7. The van der Waals surface area contributed by atoms with E-state index in [1.54, 1.807) is 6.07 Å². The summed E-state index contributed by atoms with van der Waals surface area (Å²) in [6.45, 7) is 5.91. The minimum absolute atomic E-state index is 0.378. The SMILES string of the molecule is CC(C)(C)Oc1nc2ccccc2nc1-c1ccc(C=O)s1. The average molecular weight is 312 g/mol. The Morgan fingerprint density at radius 2 is 1.73 bits per heavy atom. The van der Waals surface area contributed by atoms with E-state index >= 15 is 0 Å². The van der Waals surface area contributed by atoms with Crippen molar-refractivity contribution >= 4 is 28.7 Å². The first-order valence-corrected chi connectivity index (χ1v) is 7.79. The number of aldehydes is 1. The molecule has 3 rings (SSSR count). The fourth-order valence-electron chi connectivity index (χ4n) is 2.05. The monoisotopic (exact) mass is 312 g/mol. The Bertz CT molecular complexity index is 834. The number of aromatic nitrogens is 2. The number of ether oxygens (including phenoxy) is 1. The summed E-state index contributed by atoms with van der Waals surface area (Å²) in [7, 11) is 0. The predicted octanol–water partition coefficient (Wildman–Crippen LogP) is 4.35. The van der Waals surface area contributed by atoms with Gasteiger partial charge in [-0.2, -0.15) is 0 Å². The van der Waals surface area contributed by atoms with Crippen molar-refractivity contribution in [3.05, 3.63) is 41.3 Å². The minimum atomic E-state index is -0.378. The highest BCUT2D eigenvalue weighted by Crippen LogP contribution is 2.34. The lowest BCUT2D eigenvalue weighted by atomic mass is 10.2. The summed E-state index contributed by atoms with van der Waals surface area (Å²) in [5, 5.41) is 0. The summed E-state index contributed by atoms with van der Waals surface area (Å²) in [6.07, 6.45) is 0.840. The molecule has 0 unspecified atom stereocenters. The van der Waals surface area contributed by atoms with E-state index in [4.69, 9.17) is 4.74 Å². The molecule has 3 aromatic rings. The average Bonchev–Trinajstić information content (AvgIpc) is 2.93. The van der Waals surface area contributed by atoms with Crippen LogP contribution in [0.3, 0.4) is 0 Å². The highest BCUT2D eigenvalue weighted by Gasteiger charge is 2.20. The Morgan fingerprint density at radius 3 is 2.32 bits per heavy atom. The summed E-state index contributed by atoms with van der Waals surface area (Å²) in [4.78, 5) is 21.7. The van der Waals surface area contributed by atoms with Gasteiger partial charge < -0.3 is 4.74 Å². The van der Waals surface area contributed by atoms with Gasteiger partial charge in [-0.05, 0) is 45.0 Å². The summed E-state index contributed by atoms with van der Waals surface area (Å²) >= 11 is 1.38. The molecule has 1 aromatic carbocycles. The Hall–Kier alpha value is -2.27. The fraction of sp³-hybridized carbons (Fsp3) is 0.235. The van der Waals surface area contributed by atoms with Gasteiger partial charge in [0, 0.05) is 0 Å². The molecule has 0 amide bonds. The van der Waals surface area contributed by atoms with E-state index in [0.29, 0.717) is 16.5 Å². The molecule has 0 fully saturated rings. The number of carbonyl (C=O) groups excluding carboxylic acids is 1. The van der Waals surface area contributed by atoms with Crippen LogP contribution >= 0.6 is 11.3 Å². The second-order valence-electron chi connectivity index (χ2n) is 5.90. The van der Waals surface area contributed by atoms with Crippen LogP contribution in [0.5, 0.6) is 5.88 Å². The first-order chi connectivity index (χ1) is 10.5. The Labute approximate surface area is 132 Å². The number of rotatable bonds is 3. The molecule has 112 valence electrons. The van der Waals surface area contributed by atoms with Crippen molar-refractivity contribution in [2.75, 3.05) is 0 Å². The van der Waals surface area contributed by atoms with Gasteiger partial charge in [-0.3, -0.25) is 4.79 Å². The van der Waals surface area contributed by atoms with Gasteiger partial charge >= 0.3 is 0 Å². The largest absolute Gasteiger partial charge is 0.470 e. The third-order valence-electron chi connectivity index (χ3n) is 2.92. The molecule has 0 spiro atoms. The summed E-state index contributed by atoms with van der Waals surface area (Å²) in [5.74, 6) is 0.491. The number of carbonyl (C=O) groups is 1. The van der Waals surface area contributed by atoms with Crippen LogP contribution in [0, 0.1) is 0 Å². The Kier molecular flexibility index (Phi) is 3.66. The van der Waals surface area contributed by atoms with E-state index in [1.165, 1.54) is 11.3 Å². The second-order valence-corrected chi connectivity index (χ2v) is 7.02. The van der Waals surface area contributed by atoms with Gasteiger partial charge in [-0.1, -0.05) is 12.1 Å². The molecule has 2 aromatic heterocycles. The topological polar surface area (TPSA) is 52.1 Å². The smallest absolute Gasteiger partial charge is 0.242 e. The molecule has 4 nitrogen and oxygen atoms in total. The molecule has 0 N–H and O–H groups in total. The van der Waals surface area contributed by atoms with E-state index in [2.05, 4.69) is 9.97 Å². The summed E-state index contributed by atoms with van der Waals surface area (Å²) < 4.78 is 5.98. The molecule has 0 aliphatic rings. The molecule has 0 radical (unpaired) electrons. The van der Waals surface area contributed by atoms with Crippen LogP contribution in [0.2, 0.25) is 0 Å².